The van der Waals surface area contributed by atoms with E-state index in [4.69, 9.17) is 20.9 Å². The van der Waals surface area contributed by atoms with Gasteiger partial charge in [0.15, 0.2) is 0 Å². The van der Waals surface area contributed by atoms with Crippen molar-refractivity contribution in [3.05, 3.63) is 12.2 Å². The standard InChI is InChI=1S/C43H72N6O6S2/c1-28(50)54-35-10-9-30-20-32(39(53)40-38(30)31-11-14-43(55-40)13-6-7-33(43)21-31)25-49-26-42(24-37(49)52,23-29-12-16-46-36(44)19-29)15-17-47-41(45)48-27-57-56-18-5-3-2-4-8-34(51)22-35/h11,14,29-36,38-40,46,51,53H,2-10,12-13,15-27,44H2,1H3,(H3,45,47,48)/p+2/t29?,30?,31-,32?,33-,34+,35+,36?,38?,39?,40?,42+,43-/m1/s1. The summed E-state index contributed by atoms with van der Waals surface area (Å²) >= 11 is 0. The minimum atomic E-state index is -0.671. The predicted molar refractivity (Wildman–Crippen MR) is 225 cm³/mol. The Morgan fingerprint density at radius 3 is 2.75 bits per heavy atom. The number of nitrogens with one attached hydrogen (secondary N) is 2. The summed E-state index contributed by atoms with van der Waals surface area (Å²) in [5, 5.41) is 29.2. The molecule has 0 aromatic rings. The number of aliphatic hydroxyl groups excluding tert-OH is 2. The number of hydrogen-bond donors (Lipinski definition) is 7. The lowest BCUT2D eigenvalue weighted by atomic mass is 9.62. The molecule has 10 N–H and O–H groups in total. The third kappa shape index (κ3) is 11.0. The molecule has 12 nitrogen and oxygen atoms in total. The number of guanidine groups is 1. The van der Waals surface area contributed by atoms with Gasteiger partial charge in [-0.3, -0.25) is 31.4 Å². The normalized spacial score (nSPS) is 42.9. The van der Waals surface area contributed by atoms with Gasteiger partial charge in [0.05, 0.1) is 37.0 Å². The number of nitrogens with two attached hydrogens (primary N) is 3. The molecule has 5 fully saturated rings. The molecule has 13 atom stereocenters. The van der Waals surface area contributed by atoms with E-state index in [1.807, 2.05) is 10.8 Å². The topological polar surface area (TPSA) is 191 Å². The van der Waals surface area contributed by atoms with Crippen molar-refractivity contribution in [2.45, 2.75) is 159 Å². The number of fused-ring (bicyclic) bond motifs is 4. The zero-order chi connectivity index (χ0) is 40.0. The summed E-state index contributed by atoms with van der Waals surface area (Å²) in [4.78, 5) is 31.9. The molecule has 8 rings (SSSR count). The highest BCUT2D eigenvalue weighted by atomic mass is 33.1. The average Bonchev–Trinajstić information content (AvgIpc) is 3.61. The number of aliphatic hydroxyl groups is 2. The Bertz CT molecular complexity index is 1430. The van der Waals surface area contributed by atoms with Gasteiger partial charge in [-0.15, -0.1) is 0 Å². The van der Waals surface area contributed by atoms with Crippen molar-refractivity contribution in [3.8, 4) is 0 Å². The highest BCUT2D eigenvalue weighted by Crippen LogP contribution is 2.57. The van der Waals surface area contributed by atoms with Gasteiger partial charge in [-0.05, 0) is 112 Å². The third-order valence-electron chi connectivity index (χ3n) is 15.0. The Hall–Kier alpha value is -1.55. The molecule has 1 amide bonds. The van der Waals surface area contributed by atoms with E-state index in [1.165, 1.54) is 6.92 Å². The number of rotatable bonds is 3. The summed E-state index contributed by atoms with van der Waals surface area (Å²) in [6.45, 7) is 4.36. The predicted octanol–water partition coefficient (Wildman–Crippen LogP) is 2.12. The molecule has 0 aromatic carbocycles. The Kier molecular flexibility index (Phi) is 15.2. The first-order chi connectivity index (χ1) is 27.5. The second-order valence-corrected chi connectivity index (χ2v) is 21.8. The van der Waals surface area contributed by atoms with E-state index in [-0.39, 0.29) is 59.0 Å². The van der Waals surface area contributed by atoms with Crippen LogP contribution in [0.2, 0.25) is 0 Å². The lowest BCUT2D eigenvalue weighted by Crippen LogP contribution is -2.94. The lowest BCUT2D eigenvalue weighted by Gasteiger charge is -2.48. The molecular formula is C43H74N6O6S2+2. The number of hydrogen-bond acceptors (Lipinski definition) is 11. The summed E-state index contributed by atoms with van der Waals surface area (Å²) in [7, 11) is 3.62. The molecule has 3 aliphatic carbocycles. The van der Waals surface area contributed by atoms with Gasteiger partial charge in [0.1, 0.15) is 18.1 Å². The Balaban J connectivity index is 1.13. The van der Waals surface area contributed by atoms with E-state index in [1.54, 1.807) is 10.8 Å². The molecule has 2 saturated carbocycles. The zero-order valence-electron chi connectivity index (χ0n) is 34.5. The van der Waals surface area contributed by atoms with E-state index < -0.39 is 12.2 Å². The first kappa shape index (κ1) is 43.5. The van der Waals surface area contributed by atoms with Crippen molar-refractivity contribution in [2.24, 2.45) is 52.4 Å². The maximum Gasteiger partial charge on any atom is 0.341 e. The third-order valence-corrected chi connectivity index (χ3v) is 17.3. The van der Waals surface area contributed by atoms with E-state index >= 15 is 0 Å². The fourth-order valence-electron chi connectivity index (χ4n) is 12.4. The van der Waals surface area contributed by atoms with Crippen molar-refractivity contribution in [1.29, 1.82) is 0 Å². The van der Waals surface area contributed by atoms with Gasteiger partial charge >= 0.3 is 11.9 Å². The number of esters is 1. The van der Waals surface area contributed by atoms with Crippen LogP contribution < -0.4 is 27.1 Å². The van der Waals surface area contributed by atoms with Crippen LogP contribution in [0.25, 0.3) is 0 Å². The van der Waals surface area contributed by atoms with Gasteiger partial charge < -0.3 is 29.9 Å². The molecule has 6 bridgehead atoms. The fourth-order valence-corrected chi connectivity index (χ4v) is 14.3. The molecule has 8 aliphatic rings. The maximum atomic E-state index is 14.2. The zero-order valence-corrected chi connectivity index (χ0v) is 36.1. The second-order valence-electron chi connectivity index (χ2n) is 19.2. The van der Waals surface area contributed by atoms with Gasteiger partial charge in [-0.2, -0.15) is 0 Å². The van der Waals surface area contributed by atoms with E-state index in [0.29, 0.717) is 74.9 Å². The molecule has 7 unspecified atom stereocenters. The van der Waals surface area contributed by atoms with E-state index in [0.717, 1.165) is 102 Å². The van der Waals surface area contributed by atoms with Crippen LogP contribution in [-0.4, -0.2) is 107 Å². The number of amides is 1. The second kappa shape index (κ2) is 19.9. The molecule has 14 heteroatoms. The quantitative estimate of drug-likeness (QED) is 0.125. The number of allylic oxidation sites excluding steroid dienone is 1. The fraction of sp³-hybridized carbons (Fsp3) is 0.884. The Morgan fingerprint density at radius 1 is 1.05 bits per heavy atom. The average molecular weight is 835 g/mol. The number of quaternary nitrogens is 1. The van der Waals surface area contributed by atoms with Gasteiger partial charge in [0.25, 0.3) is 0 Å². The molecular weight excluding hydrogens is 761 g/mol. The number of piperidine rings is 1. The van der Waals surface area contributed by atoms with Crippen LogP contribution >= 0.6 is 21.6 Å². The minimum absolute atomic E-state index is 0.104. The Morgan fingerprint density at radius 2 is 1.91 bits per heavy atom. The smallest absolute Gasteiger partial charge is 0.341 e. The molecule has 5 aliphatic heterocycles. The molecule has 0 radical (unpaired) electrons. The van der Waals surface area contributed by atoms with Crippen LogP contribution in [0.1, 0.15) is 122 Å². The highest BCUT2D eigenvalue weighted by molar-refractivity contribution is 8.76. The monoisotopic (exact) mass is 835 g/mol. The molecule has 1 spiro atoms. The first-order valence-electron chi connectivity index (χ1n) is 22.6. The highest BCUT2D eigenvalue weighted by Gasteiger charge is 2.58. The van der Waals surface area contributed by atoms with Crippen LogP contribution in [-0.2, 0) is 19.1 Å². The number of nitrogens with zero attached hydrogens (tertiary/aromatic N) is 1. The van der Waals surface area contributed by atoms with E-state index in [9.17, 15) is 19.8 Å². The molecule has 322 valence electrons. The van der Waals surface area contributed by atoms with Gasteiger partial charge in [-0.1, -0.05) is 53.0 Å². The SMILES string of the molecule is CC(=O)O[C@H]1CCC2CC(CN3C[C@](CC4CC[NH2+]C(N)C4)(CCNC(N)=[NH+]CSSCCCCCC[C@H](O)C1)CC3=O)C(O)C1O[C@]34C=C[C@H](C[C@H]3CCC4)C21. The summed E-state index contributed by atoms with van der Waals surface area (Å²) in [5.41, 5.74) is 12.3. The molecule has 3 saturated heterocycles. The number of ether oxygens (including phenoxy) is 2. The van der Waals surface area contributed by atoms with Crippen LogP contribution in [0.3, 0.4) is 0 Å². The first-order valence-corrected chi connectivity index (χ1v) is 25.1. The minimum Gasteiger partial charge on any atom is -0.462 e. The van der Waals surface area contributed by atoms with Crippen LogP contribution in [0.5, 0.6) is 0 Å². The lowest BCUT2D eigenvalue weighted by molar-refractivity contribution is -0.699. The summed E-state index contributed by atoms with van der Waals surface area (Å²) in [5.74, 6) is 3.77. The summed E-state index contributed by atoms with van der Waals surface area (Å²) in [6.07, 6.45) is 19.5. The van der Waals surface area contributed by atoms with Crippen molar-refractivity contribution < 1.29 is 39.6 Å². The molecule has 57 heavy (non-hydrogen) atoms. The van der Waals surface area contributed by atoms with E-state index in [2.05, 4.69) is 32.7 Å². The van der Waals surface area contributed by atoms with Crippen molar-refractivity contribution >= 4 is 39.4 Å². The summed E-state index contributed by atoms with van der Waals surface area (Å²) < 4.78 is 13.1. The largest absolute Gasteiger partial charge is 0.462 e. The van der Waals surface area contributed by atoms with Crippen molar-refractivity contribution in [2.75, 3.05) is 37.8 Å². The molecule has 0 aromatic heterocycles. The van der Waals surface area contributed by atoms with Gasteiger partial charge in [0.2, 0.25) is 5.91 Å². The maximum absolute atomic E-state index is 14.2. The molecule has 5 heterocycles. The number of carbonyl (C=O) groups is 2. The summed E-state index contributed by atoms with van der Waals surface area (Å²) in [6, 6.07) is 0. The van der Waals surface area contributed by atoms with Crippen LogP contribution in [0.4, 0.5) is 0 Å². The van der Waals surface area contributed by atoms with Crippen LogP contribution in [0.15, 0.2) is 12.2 Å². The van der Waals surface area contributed by atoms with Gasteiger partial charge in [-0.25, -0.2) is 0 Å². The van der Waals surface area contributed by atoms with Crippen molar-refractivity contribution in [1.82, 2.24) is 10.2 Å². The Labute approximate surface area is 349 Å². The van der Waals surface area contributed by atoms with Crippen LogP contribution in [0, 0.1) is 40.9 Å². The number of carbonyl (C=O) groups excluding carboxylic acids is 2. The van der Waals surface area contributed by atoms with Crippen molar-refractivity contribution in [3.63, 3.8) is 0 Å². The van der Waals surface area contributed by atoms with Gasteiger partial charge in [0, 0.05) is 50.9 Å².